The van der Waals surface area contributed by atoms with Crippen LogP contribution in [-0.2, 0) is 24.8 Å². The number of aliphatic hydroxyl groups is 1. The maximum atomic E-state index is 13.8. The Labute approximate surface area is 257 Å². The fourth-order valence-corrected chi connectivity index (χ4v) is 6.22. The van der Waals surface area contributed by atoms with Gasteiger partial charge in [0.15, 0.2) is 0 Å². The molecule has 0 spiro atoms. The van der Waals surface area contributed by atoms with Crippen LogP contribution in [0.1, 0.15) is 67.1 Å². The molecule has 2 saturated carbocycles. The summed E-state index contributed by atoms with van der Waals surface area (Å²) in [6.07, 6.45) is 13.3. The Morgan fingerprint density at radius 3 is 2.50 bits per heavy atom. The summed E-state index contributed by atoms with van der Waals surface area (Å²) in [5.41, 5.74) is 3.83. The molecule has 2 aliphatic rings. The first-order valence-electron chi connectivity index (χ1n) is 15.4. The number of amides is 1. The Morgan fingerprint density at radius 1 is 1.07 bits per heavy atom. The molecule has 4 aromatic rings. The molecule has 3 heterocycles. The third-order valence-corrected chi connectivity index (χ3v) is 9.07. The molecule has 2 fully saturated rings. The van der Waals surface area contributed by atoms with E-state index in [0.29, 0.717) is 36.1 Å². The first-order valence-corrected chi connectivity index (χ1v) is 15.4. The molecule has 10 nitrogen and oxygen atoms in total. The van der Waals surface area contributed by atoms with Crippen LogP contribution in [-0.4, -0.2) is 47.9 Å². The van der Waals surface area contributed by atoms with Gasteiger partial charge in [-0.1, -0.05) is 36.4 Å². The van der Waals surface area contributed by atoms with Crippen molar-refractivity contribution in [3.8, 4) is 17.2 Å². The maximum Gasteiger partial charge on any atom is 0.229 e. The summed E-state index contributed by atoms with van der Waals surface area (Å²) in [5.74, 6) is 1.41. The summed E-state index contributed by atoms with van der Waals surface area (Å²) in [6.45, 7) is 0.492. The van der Waals surface area contributed by atoms with E-state index in [1.165, 1.54) is 0 Å². The van der Waals surface area contributed by atoms with Gasteiger partial charge in [0.05, 0.1) is 36.2 Å². The van der Waals surface area contributed by atoms with Gasteiger partial charge in [0, 0.05) is 43.5 Å². The predicted molar refractivity (Wildman–Crippen MR) is 166 cm³/mol. The number of hydrogen-bond acceptors (Lipinski definition) is 8. The van der Waals surface area contributed by atoms with Gasteiger partial charge in [-0.3, -0.25) is 14.5 Å². The molecule has 0 saturated heterocycles. The van der Waals surface area contributed by atoms with Gasteiger partial charge in [-0.25, -0.2) is 9.97 Å². The lowest BCUT2D eigenvalue weighted by Gasteiger charge is -2.33. The van der Waals surface area contributed by atoms with E-state index in [4.69, 9.17) is 9.97 Å². The second-order valence-corrected chi connectivity index (χ2v) is 12.3. The number of carbonyl (C=O) groups excluding carboxylic acids is 1. The number of anilines is 1. The zero-order valence-electron chi connectivity index (χ0n) is 25.0. The van der Waals surface area contributed by atoms with E-state index in [-0.39, 0.29) is 29.9 Å². The van der Waals surface area contributed by atoms with Crippen molar-refractivity contribution in [1.82, 2.24) is 30.0 Å². The molecule has 0 bridgehead atoms. The Bertz CT molecular complexity index is 1620. The maximum absolute atomic E-state index is 13.8. The third kappa shape index (κ3) is 6.79. The van der Waals surface area contributed by atoms with Crippen molar-refractivity contribution in [3.05, 3.63) is 89.9 Å². The van der Waals surface area contributed by atoms with E-state index in [9.17, 15) is 15.2 Å². The summed E-state index contributed by atoms with van der Waals surface area (Å²) in [4.78, 5) is 27.7. The highest BCUT2D eigenvalue weighted by Gasteiger charge is 2.43. The minimum absolute atomic E-state index is 0.00274. The first-order chi connectivity index (χ1) is 21.4. The summed E-state index contributed by atoms with van der Waals surface area (Å²) in [5, 5.41) is 30.0. The molecule has 226 valence electrons. The van der Waals surface area contributed by atoms with Crippen LogP contribution in [0.5, 0.6) is 0 Å². The predicted octanol–water partition coefficient (Wildman–Crippen LogP) is 4.53. The van der Waals surface area contributed by atoms with Crippen LogP contribution in [0.3, 0.4) is 0 Å². The molecule has 3 aromatic heterocycles. The first kappa shape index (κ1) is 29.5. The Hall–Kier alpha value is -4.62. The van der Waals surface area contributed by atoms with Gasteiger partial charge >= 0.3 is 0 Å². The van der Waals surface area contributed by atoms with Crippen LogP contribution < -0.4 is 10.6 Å². The van der Waals surface area contributed by atoms with Gasteiger partial charge in [-0.15, -0.1) is 0 Å². The number of carbonyl (C=O) groups is 1. The number of benzene rings is 1. The van der Waals surface area contributed by atoms with E-state index in [1.54, 1.807) is 10.9 Å². The van der Waals surface area contributed by atoms with Crippen LogP contribution in [0.15, 0.2) is 67.3 Å². The van der Waals surface area contributed by atoms with E-state index in [2.05, 4.69) is 26.8 Å². The third-order valence-electron chi connectivity index (χ3n) is 9.07. The standard InChI is InChI=1S/C34H38N8O2/c1-42-21-28(20-39-42)26-11-12-29(36-18-26)31(33(44)38-17-24-5-3-2-4-6-24)25-9-7-23(8-10-25)15-30-37-19-27(16-35)32(40-30)41-34(22-43)13-14-34/h2-6,11-12,18-21,23,25,31,43H,7-10,13-15,17,22H2,1H3,(H,38,44)(H,37,40,41). The van der Waals surface area contributed by atoms with Crippen LogP contribution in [0.2, 0.25) is 0 Å². The average Bonchev–Trinajstić information content (AvgIpc) is 3.70. The molecule has 1 aromatic carbocycles. The zero-order chi connectivity index (χ0) is 30.5. The lowest BCUT2D eigenvalue weighted by Crippen LogP contribution is -2.35. The lowest BCUT2D eigenvalue weighted by atomic mass is 9.73. The Morgan fingerprint density at radius 2 is 1.86 bits per heavy atom. The second-order valence-electron chi connectivity index (χ2n) is 12.3. The number of hydrogen-bond donors (Lipinski definition) is 3. The SMILES string of the molecule is Cn1cc(-c2ccc(C(C(=O)NCc3ccccc3)C3CCC(Cc4ncc(C#N)c(NC5(CO)CC5)n4)CC3)nc2)cn1. The van der Waals surface area contributed by atoms with Crippen molar-refractivity contribution >= 4 is 11.7 Å². The quantitative estimate of drug-likeness (QED) is 0.231. The largest absolute Gasteiger partial charge is 0.394 e. The highest BCUT2D eigenvalue weighted by atomic mass is 16.3. The topological polar surface area (TPSA) is 142 Å². The van der Waals surface area contributed by atoms with Crippen molar-refractivity contribution in [2.75, 3.05) is 11.9 Å². The number of aryl methyl sites for hydroxylation is 1. The highest BCUT2D eigenvalue weighted by Crippen LogP contribution is 2.40. The average molecular weight is 591 g/mol. The summed E-state index contributed by atoms with van der Waals surface area (Å²) >= 11 is 0. The van der Waals surface area contributed by atoms with Crippen molar-refractivity contribution in [2.45, 2.75) is 62.9 Å². The fraction of sp³-hybridized carbons (Fsp3) is 0.412. The molecule has 44 heavy (non-hydrogen) atoms. The molecular weight excluding hydrogens is 552 g/mol. The number of nitrogens with one attached hydrogen (secondary N) is 2. The van der Waals surface area contributed by atoms with Crippen molar-refractivity contribution < 1.29 is 9.90 Å². The van der Waals surface area contributed by atoms with E-state index in [1.807, 2.05) is 68.1 Å². The molecular formula is C34H38N8O2. The smallest absolute Gasteiger partial charge is 0.229 e. The Balaban J connectivity index is 1.14. The monoisotopic (exact) mass is 590 g/mol. The number of pyridine rings is 1. The van der Waals surface area contributed by atoms with Gasteiger partial charge in [0.25, 0.3) is 0 Å². The van der Waals surface area contributed by atoms with Crippen molar-refractivity contribution in [3.63, 3.8) is 0 Å². The number of nitriles is 1. The summed E-state index contributed by atoms with van der Waals surface area (Å²) < 4.78 is 1.76. The molecule has 3 N–H and O–H groups in total. The molecule has 1 atom stereocenters. The summed E-state index contributed by atoms with van der Waals surface area (Å²) in [7, 11) is 1.89. The molecule has 6 rings (SSSR count). The van der Waals surface area contributed by atoms with E-state index in [0.717, 1.165) is 60.9 Å². The van der Waals surface area contributed by atoms with Gasteiger partial charge in [0.1, 0.15) is 23.3 Å². The van der Waals surface area contributed by atoms with Crippen LogP contribution in [0.4, 0.5) is 5.82 Å². The second kappa shape index (κ2) is 12.9. The van der Waals surface area contributed by atoms with Gasteiger partial charge in [0.2, 0.25) is 5.91 Å². The number of aliphatic hydroxyl groups excluding tert-OH is 1. The normalized spacial score (nSPS) is 19.5. The van der Waals surface area contributed by atoms with E-state index < -0.39 is 0 Å². The van der Waals surface area contributed by atoms with Crippen molar-refractivity contribution in [1.29, 1.82) is 5.26 Å². The van der Waals surface area contributed by atoms with Gasteiger partial charge in [-0.05, 0) is 62.0 Å². The minimum Gasteiger partial charge on any atom is -0.394 e. The lowest BCUT2D eigenvalue weighted by molar-refractivity contribution is -0.124. The fourth-order valence-electron chi connectivity index (χ4n) is 6.22. The number of nitrogens with zero attached hydrogens (tertiary/aromatic N) is 6. The molecule has 1 unspecified atom stereocenters. The number of rotatable bonds is 11. The summed E-state index contributed by atoms with van der Waals surface area (Å²) in [6, 6.07) is 16.1. The van der Waals surface area contributed by atoms with Crippen LogP contribution in [0.25, 0.3) is 11.1 Å². The molecule has 0 radical (unpaired) electrons. The molecule has 10 heteroatoms. The minimum atomic E-state index is -0.365. The highest BCUT2D eigenvalue weighted by molar-refractivity contribution is 5.83. The molecule has 1 amide bonds. The van der Waals surface area contributed by atoms with E-state index >= 15 is 0 Å². The van der Waals surface area contributed by atoms with Crippen LogP contribution in [0, 0.1) is 23.2 Å². The van der Waals surface area contributed by atoms with Gasteiger partial charge in [-0.2, -0.15) is 10.4 Å². The molecule has 2 aliphatic carbocycles. The Kier molecular flexibility index (Phi) is 8.66. The van der Waals surface area contributed by atoms with Crippen molar-refractivity contribution in [2.24, 2.45) is 18.9 Å². The van der Waals surface area contributed by atoms with Crippen LogP contribution >= 0.6 is 0 Å². The van der Waals surface area contributed by atoms with Gasteiger partial charge < -0.3 is 15.7 Å². The number of aromatic nitrogens is 5. The zero-order valence-corrected chi connectivity index (χ0v) is 25.0. The molecule has 0 aliphatic heterocycles.